The Bertz CT molecular complexity index is 476. The van der Waals surface area contributed by atoms with E-state index in [1.165, 1.54) is 12.1 Å². The number of carbonyl (C=O) groups is 1. The normalized spacial score (nSPS) is 15.2. The van der Waals surface area contributed by atoms with Gasteiger partial charge in [0, 0.05) is 12.6 Å². The Morgan fingerprint density at radius 2 is 2.30 bits per heavy atom. The molecular formula is C14H18FNO4. The van der Waals surface area contributed by atoms with Crippen LogP contribution < -0.4 is 4.74 Å². The van der Waals surface area contributed by atoms with E-state index in [2.05, 4.69) is 4.90 Å². The van der Waals surface area contributed by atoms with Gasteiger partial charge < -0.3 is 14.6 Å². The molecule has 1 aromatic rings. The van der Waals surface area contributed by atoms with Crippen LogP contribution in [0.5, 0.6) is 5.75 Å². The maximum atomic E-state index is 13.6. The number of rotatable bonds is 7. The van der Waals surface area contributed by atoms with Crippen LogP contribution in [0.4, 0.5) is 4.39 Å². The predicted molar refractivity (Wildman–Crippen MR) is 70.5 cm³/mol. The summed E-state index contributed by atoms with van der Waals surface area (Å²) in [6, 6.07) is 4.70. The van der Waals surface area contributed by atoms with Gasteiger partial charge in [-0.15, -0.1) is 0 Å². The quantitative estimate of drug-likeness (QED) is 0.814. The van der Waals surface area contributed by atoms with Crippen molar-refractivity contribution in [1.82, 2.24) is 4.90 Å². The van der Waals surface area contributed by atoms with Crippen molar-refractivity contribution in [3.63, 3.8) is 0 Å². The first kappa shape index (κ1) is 14.7. The highest BCUT2D eigenvalue weighted by Gasteiger charge is 2.22. The van der Waals surface area contributed by atoms with Gasteiger partial charge in [0.1, 0.15) is 18.2 Å². The lowest BCUT2D eigenvalue weighted by molar-refractivity contribution is -0.136. The summed E-state index contributed by atoms with van der Waals surface area (Å²) in [5.74, 6) is -1.19. The number of carboxylic acids is 1. The van der Waals surface area contributed by atoms with Gasteiger partial charge in [0.05, 0.1) is 25.7 Å². The van der Waals surface area contributed by atoms with E-state index in [-0.39, 0.29) is 12.0 Å². The minimum absolute atomic E-state index is 0.161. The Morgan fingerprint density at radius 1 is 1.55 bits per heavy atom. The van der Waals surface area contributed by atoms with E-state index in [0.717, 1.165) is 19.8 Å². The molecule has 1 N–H and O–H groups in total. The molecule has 0 bridgehead atoms. The van der Waals surface area contributed by atoms with Gasteiger partial charge in [-0.2, -0.15) is 0 Å². The van der Waals surface area contributed by atoms with Crippen LogP contribution in [0.2, 0.25) is 0 Å². The van der Waals surface area contributed by atoms with E-state index >= 15 is 0 Å². The first-order chi connectivity index (χ1) is 9.56. The van der Waals surface area contributed by atoms with E-state index in [0.29, 0.717) is 18.4 Å². The average Bonchev–Trinajstić information content (AvgIpc) is 2.30. The molecule has 20 heavy (non-hydrogen) atoms. The molecule has 0 atom stereocenters. The van der Waals surface area contributed by atoms with E-state index in [1.807, 2.05) is 7.05 Å². The van der Waals surface area contributed by atoms with E-state index in [4.69, 9.17) is 14.6 Å². The summed E-state index contributed by atoms with van der Waals surface area (Å²) < 4.78 is 24.2. The fraction of sp³-hybridized carbons (Fsp3) is 0.500. The highest BCUT2D eigenvalue weighted by Crippen LogP contribution is 2.17. The Balaban J connectivity index is 1.80. The molecule has 0 saturated carbocycles. The van der Waals surface area contributed by atoms with Crippen molar-refractivity contribution >= 4 is 5.97 Å². The molecule has 1 aliphatic rings. The molecule has 1 fully saturated rings. The molecule has 0 spiro atoms. The molecule has 0 amide bonds. The molecule has 2 rings (SSSR count). The van der Waals surface area contributed by atoms with Crippen LogP contribution in [0.1, 0.15) is 5.56 Å². The highest BCUT2D eigenvalue weighted by atomic mass is 19.1. The fourth-order valence-corrected chi connectivity index (χ4v) is 1.89. The molecule has 0 radical (unpaired) electrons. The van der Waals surface area contributed by atoms with Crippen molar-refractivity contribution in [2.45, 2.75) is 12.5 Å². The smallest absolute Gasteiger partial charge is 0.307 e. The monoisotopic (exact) mass is 283 g/mol. The topological polar surface area (TPSA) is 59.0 Å². The van der Waals surface area contributed by atoms with Crippen molar-refractivity contribution < 1.29 is 23.8 Å². The molecule has 0 aliphatic carbocycles. The minimum atomic E-state index is -1.05. The van der Waals surface area contributed by atoms with Crippen LogP contribution in [-0.2, 0) is 16.0 Å². The van der Waals surface area contributed by atoms with Gasteiger partial charge in [-0.05, 0) is 18.7 Å². The number of nitrogens with zero attached hydrogens (tertiary/aromatic N) is 1. The van der Waals surface area contributed by atoms with E-state index in [1.54, 1.807) is 6.07 Å². The van der Waals surface area contributed by atoms with Crippen LogP contribution in [0, 0.1) is 5.82 Å². The first-order valence-corrected chi connectivity index (χ1v) is 6.47. The van der Waals surface area contributed by atoms with Gasteiger partial charge in [0.15, 0.2) is 0 Å². The van der Waals surface area contributed by atoms with Crippen molar-refractivity contribution in [3.05, 3.63) is 29.6 Å². The summed E-state index contributed by atoms with van der Waals surface area (Å²) in [4.78, 5) is 12.7. The summed E-state index contributed by atoms with van der Waals surface area (Å²) >= 11 is 0. The lowest BCUT2D eigenvalue weighted by atomic mass is 10.1. The van der Waals surface area contributed by atoms with Crippen LogP contribution >= 0.6 is 0 Å². The zero-order valence-corrected chi connectivity index (χ0v) is 11.3. The molecule has 5 nitrogen and oxygen atoms in total. The van der Waals surface area contributed by atoms with Gasteiger partial charge >= 0.3 is 5.97 Å². The minimum Gasteiger partial charge on any atom is -0.492 e. The Morgan fingerprint density at radius 3 is 2.85 bits per heavy atom. The molecule has 0 aromatic heterocycles. The molecule has 1 aromatic carbocycles. The molecule has 110 valence electrons. The van der Waals surface area contributed by atoms with Gasteiger partial charge in [-0.3, -0.25) is 9.69 Å². The maximum absolute atomic E-state index is 13.6. The highest BCUT2D eigenvalue weighted by molar-refractivity contribution is 5.70. The number of hydrogen-bond donors (Lipinski definition) is 1. The summed E-state index contributed by atoms with van der Waals surface area (Å²) in [5.41, 5.74) is 0.161. The van der Waals surface area contributed by atoms with Crippen molar-refractivity contribution in [2.24, 2.45) is 0 Å². The first-order valence-electron chi connectivity index (χ1n) is 6.47. The lowest BCUT2D eigenvalue weighted by Gasteiger charge is -2.34. The second kappa shape index (κ2) is 6.67. The summed E-state index contributed by atoms with van der Waals surface area (Å²) in [6.07, 6.45) is -0.323. The number of likely N-dealkylation sites (N-methyl/N-ethyl adjacent to an activating group) is 1. The van der Waals surface area contributed by atoms with Crippen LogP contribution in [0.25, 0.3) is 0 Å². The number of aliphatic carboxylic acids is 1. The number of halogens is 1. The third-order valence-electron chi connectivity index (χ3n) is 3.32. The molecule has 1 aliphatic heterocycles. The molecular weight excluding hydrogens is 265 g/mol. The van der Waals surface area contributed by atoms with E-state index < -0.39 is 11.8 Å². The number of benzene rings is 1. The largest absolute Gasteiger partial charge is 0.492 e. The van der Waals surface area contributed by atoms with Gasteiger partial charge in [0.25, 0.3) is 0 Å². The average molecular weight is 283 g/mol. The van der Waals surface area contributed by atoms with Gasteiger partial charge in [0.2, 0.25) is 0 Å². The molecule has 0 unspecified atom stereocenters. The maximum Gasteiger partial charge on any atom is 0.307 e. The van der Waals surface area contributed by atoms with Crippen molar-refractivity contribution in [3.8, 4) is 5.75 Å². The Kier molecular flexibility index (Phi) is 4.92. The molecule has 1 saturated heterocycles. The Labute approximate surface area is 116 Å². The van der Waals surface area contributed by atoms with Gasteiger partial charge in [-0.25, -0.2) is 4.39 Å². The van der Waals surface area contributed by atoms with Gasteiger partial charge in [-0.1, -0.05) is 6.07 Å². The summed E-state index contributed by atoms with van der Waals surface area (Å²) in [5, 5.41) is 8.63. The second-order valence-corrected chi connectivity index (χ2v) is 4.84. The van der Waals surface area contributed by atoms with Crippen LogP contribution in [0.3, 0.4) is 0 Å². The summed E-state index contributed by atoms with van der Waals surface area (Å²) in [6.45, 7) is 2.67. The zero-order chi connectivity index (χ0) is 14.5. The van der Waals surface area contributed by atoms with Crippen molar-refractivity contribution in [2.75, 3.05) is 33.4 Å². The van der Waals surface area contributed by atoms with Crippen LogP contribution in [-0.4, -0.2) is 55.4 Å². The SMILES string of the molecule is CN(CCOc1ccc(CC(=O)O)c(F)c1)C1COC1. The zero-order valence-electron chi connectivity index (χ0n) is 11.3. The number of ether oxygens (including phenoxy) is 2. The second-order valence-electron chi connectivity index (χ2n) is 4.84. The third kappa shape index (κ3) is 3.91. The lowest BCUT2D eigenvalue weighted by Crippen LogP contribution is -2.48. The molecule has 6 heteroatoms. The Hall–Kier alpha value is -1.66. The van der Waals surface area contributed by atoms with Crippen molar-refractivity contribution in [1.29, 1.82) is 0 Å². The third-order valence-corrected chi connectivity index (χ3v) is 3.32. The summed E-state index contributed by atoms with van der Waals surface area (Å²) in [7, 11) is 1.99. The van der Waals surface area contributed by atoms with E-state index in [9.17, 15) is 9.18 Å². The molecule has 1 heterocycles. The number of carboxylic acid groups (broad SMARTS) is 1. The fourth-order valence-electron chi connectivity index (χ4n) is 1.89. The van der Waals surface area contributed by atoms with Crippen LogP contribution in [0.15, 0.2) is 18.2 Å². The predicted octanol–water partition coefficient (Wildman–Crippen LogP) is 1.16. The standard InChI is InChI=1S/C14H18FNO4/c1-16(11-8-19-9-11)4-5-20-12-3-2-10(6-14(17)18)13(15)7-12/h2-3,7,11H,4-6,8-9H2,1H3,(H,17,18). The number of hydrogen-bond acceptors (Lipinski definition) is 4.